The minimum Gasteiger partial charge on any atom is -0.495 e. The predicted molar refractivity (Wildman–Crippen MR) is 92.2 cm³/mol. The van der Waals surface area contributed by atoms with E-state index in [0.717, 1.165) is 23.7 Å². The molecule has 0 aromatic heterocycles. The van der Waals surface area contributed by atoms with Crippen LogP contribution in [0.25, 0.3) is 0 Å². The molecular weight excluding hydrogens is 274 g/mol. The number of hydrogen-bond acceptors (Lipinski definition) is 3. The van der Waals surface area contributed by atoms with Gasteiger partial charge in [0.2, 0.25) is 0 Å². The van der Waals surface area contributed by atoms with Crippen molar-refractivity contribution in [3.05, 3.63) is 53.6 Å². The molecule has 0 aliphatic rings. The van der Waals surface area contributed by atoms with Crippen LogP contribution in [0.15, 0.2) is 42.5 Å². The second-order valence-corrected chi connectivity index (χ2v) is 5.67. The Bertz CT molecular complexity index is 608. The summed E-state index contributed by atoms with van der Waals surface area (Å²) in [5.74, 6) is 2.29. The summed E-state index contributed by atoms with van der Waals surface area (Å²) in [5, 5.41) is 3.35. The SMILES string of the molecule is COc1ccccc1NCCOc1cc(C)ccc1C(C)C. The van der Waals surface area contributed by atoms with Gasteiger partial charge in [0.25, 0.3) is 0 Å². The molecule has 3 nitrogen and oxygen atoms in total. The molecule has 2 aromatic carbocycles. The zero-order valence-corrected chi connectivity index (χ0v) is 13.8. The van der Waals surface area contributed by atoms with Crippen LogP contribution in [-0.2, 0) is 0 Å². The predicted octanol–water partition coefficient (Wildman–Crippen LogP) is 4.62. The van der Waals surface area contributed by atoms with Crippen LogP contribution < -0.4 is 14.8 Å². The minimum absolute atomic E-state index is 0.456. The lowest BCUT2D eigenvalue weighted by Gasteiger charge is -2.16. The molecule has 2 rings (SSSR count). The summed E-state index contributed by atoms with van der Waals surface area (Å²) in [6, 6.07) is 14.3. The Morgan fingerprint density at radius 3 is 2.55 bits per heavy atom. The average Bonchev–Trinajstić information content (AvgIpc) is 2.51. The quantitative estimate of drug-likeness (QED) is 0.757. The summed E-state index contributed by atoms with van der Waals surface area (Å²) in [6.45, 7) is 7.80. The first-order chi connectivity index (χ1) is 10.6. The molecule has 118 valence electrons. The standard InChI is InChI=1S/C19H25NO2/c1-14(2)16-10-9-15(3)13-19(16)22-12-11-20-17-7-5-6-8-18(17)21-4/h5-10,13-14,20H,11-12H2,1-4H3. The maximum Gasteiger partial charge on any atom is 0.141 e. The van der Waals surface area contributed by atoms with E-state index in [9.17, 15) is 0 Å². The molecule has 0 saturated heterocycles. The lowest BCUT2D eigenvalue weighted by Crippen LogP contribution is -2.13. The highest BCUT2D eigenvalue weighted by Crippen LogP contribution is 2.27. The first-order valence-corrected chi connectivity index (χ1v) is 7.72. The summed E-state index contributed by atoms with van der Waals surface area (Å²) in [6.07, 6.45) is 0. The summed E-state index contributed by atoms with van der Waals surface area (Å²) < 4.78 is 11.3. The zero-order chi connectivity index (χ0) is 15.9. The fourth-order valence-corrected chi connectivity index (χ4v) is 2.38. The van der Waals surface area contributed by atoms with Crippen molar-refractivity contribution in [1.82, 2.24) is 0 Å². The van der Waals surface area contributed by atoms with Crippen molar-refractivity contribution in [2.75, 3.05) is 25.6 Å². The molecule has 22 heavy (non-hydrogen) atoms. The molecule has 0 heterocycles. The summed E-state index contributed by atoms with van der Waals surface area (Å²) in [5.41, 5.74) is 3.46. The molecule has 0 radical (unpaired) electrons. The Hall–Kier alpha value is -2.16. The summed E-state index contributed by atoms with van der Waals surface area (Å²) >= 11 is 0. The molecule has 0 amide bonds. The molecular formula is C19H25NO2. The zero-order valence-electron chi connectivity index (χ0n) is 13.8. The molecule has 1 N–H and O–H groups in total. The largest absolute Gasteiger partial charge is 0.495 e. The normalized spacial score (nSPS) is 10.6. The van der Waals surface area contributed by atoms with Gasteiger partial charge in [0.05, 0.1) is 12.8 Å². The van der Waals surface area contributed by atoms with Crippen molar-refractivity contribution in [2.24, 2.45) is 0 Å². The molecule has 3 heteroatoms. The van der Waals surface area contributed by atoms with Crippen LogP contribution in [0.2, 0.25) is 0 Å². The van der Waals surface area contributed by atoms with Crippen molar-refractivity contribution in [1.29, 1.82) is 0 Å². The summed E-state index contributed by atoms with van der Waals surface area (Å²) in [4.78, 5) is 0. The third-order valence-electron chi connectivity index (χ3n) is 3.57. The van der Waals surface area contributed by atoms with Crippen LogP contribution in [-0.4, -0.2) is 20.3 Å². The highest BCUT2D eigenvalue weighted by Gasteiger charge is 2.08. The third-order valence-corrected chi connectivity index (χ3v) is 3.57. The fraction of sp³-hybridized carbons (Fsp3) is 0.368. The average molecular weight is 299 g/mol. The van der Waals surface area contributed by atoms with Gasteiger partial charge in [-0.1, -0.05) is 38.1 Å². The Morgan fingerprint density at radius 1 is 1.05 bits per heavy atom. The van der Waals surface area contributed by atoms with Crippen molar-refractivity contribution in [2.45, 2.75) is 26.7 Å². The third kappa shape index (κ3) is 4.17. The van der Waals surface area contributed by atoms with E-state index in [0.29, 0.717) is 12.5 Å². The monoisotopic (exact) mass is 299 g/mol. The van der Waals surface area contributed by atoms with Gasteiger partial charge in [-0.25, -0.2) is 0 Å². The van der Waals surface area contributed by atoms with Crippen LogP contribution in [0, 0.1) is 6.92 Å². The van der Waals surface area contributed by atoms with Gasteiger partial charge in [-0.3, -0.25) is 0 Å². The number of para-hydroxylation sites is 2. The van der Waals surface area contributed by atoms with E-state index in [1.54, 1.807) is 7.11 Å². The Balaban J connectivity index is 1.93. The molecule has 2 aromatic rings. The van der Waals surface area contributed by atoms with E-state index in [4.69, 9.17) is 9.47 Å². The molecule has 0 fully saturated rings. The number of methoxy groups -OCH3 is 1. The molecule has 0 bridgehead atoms. The van der Waals surface area contributed by atoms with Crippen molar-refractivity contribution in [3.8, 4) is 11.5 Å². The van der Waals surface area contributed by atoms with Gasteiger partial charge >= 0.3 is 0 Å². The number of ether oxygens (including phenoxy) is 2. The van der Waals surface area contributed by atoms with E-state index >= 15 is 0 Å². The van der Waals surface area contributed by atoms with Crippen LogP contribution in [0.4, 0.5) is 5.69 Å². The maximum absolute atomic E-state index is 5.97. The van der Waals surface area contributed by atoms with Gasteiger partial charge in [-0.2, -0.15) is 0 Å². The van der Waals surface area contributed by atoms with Gasteiger partial charge in [-0.05, 0) is 42.2 Å². The first-order valence-electron chi connectivity index (χ1n) is 7.72. The maximum atomic E-state index is 5.97. The number of anilines is 1. The first kappa shape index (κ1) is 16.2. The number of rotatable bonds is 7. The Morgan fingerprint density at radius 2 is 1.82 bits per heavy atom. The highest BCUT2D eigenvalue weighted by atomic mass is 16.5. The van der Waals surface area contributed by atoms with Crippen LogP contribution in [0.1, 0.15) is 30.9 Å². The second kappa shape index (κ2) is 7.74. The number of benzene rings is 2. The van der Waals surface area contributed by atoms with E-state index < -0.39 is 0 Å². The van der Waals surface area contributed by atoms with E-state index in [1.165, 1.54) is 11.1 Å². The molecule has 0 spiro atoms. The van der Waals surface area contributed by atoms with Gasteiger partial charge in [0.1, 0.15) is 18.1 Å². The van der Waals surface area contributed by atoms with Gasteiger partial charge in [-0.15, -0.1) is 0 Å². The van der Waals surface area contributed by atoms with Gasteiger partial charge in [0.15, 0.2) is 0 Å². The number of aryl methyl sites for hydroxylation is 1. The van der Waals surface area contributed by atoms with Crippen LogP contribution in [0.3, 0.4) is 0 Å². The second-order valence-electron chi connectivity index (χ2n) is 5.67. The molecule has 0 aliphatic carbocycles. The summed E-state index contributed by atoms with van der Waals surface area (Å²) in [7, 11) is 1.68. The van der Waals surface area contributed by atoms with Crippen molar-refractivity contribution >= 4 is 5.69 Å². The molecule has 0 aliphatic heterocycles. The van der Waals surface area contributed by atoms with Crippen LogP contribution in [0.5, 0.6) is 11.5 Å². The lowest BCUT2D eigenvalue weighted by atomic mass is 10.0. The number of nitrogens with one attached hydrogen (secondary N) is 1. The molecule has 0 saturated carbocycles. The van der Waals surface area contributed by atoms with Crippen molar-refractivity contribution in [3.63, 3.8) is 0 Å². The van der Waals surface area contributed by atoms with E-state index in [1.807, 2.05) is 24.3 Å². The Labute approximate surface area is 133 Å². The molecule has 0 atom stereocenters. The van der Waals surface area contributed by atoms with E-state index in [-0.39, 0.29) is 0 Å². The van der Waals surface area contributed by atoms with Gasteiger partial charge in [0, 0.05) is 6.54 Å². The topological polar surface area (TPSA) is 30.5 Å². The lowest BCUT2D eigenvalue weighted by molar-refractivity contribution is 0.327. The van der Waals surface area contributed by atoms with Crippen molar-refractivity contribution < 1.29 is 9.47 Å². The minimum atomic E-state index is 0.456. The highest BCUT2D eigenvalue weighted by molar-refractivity contribution is 5.56. The fourth-order valence-electron chi connectivity index (χ4n) is 2.38. The Kier molecular flexibility index (Phi) is 5.70. The number of hydrogen-bond donors (Lipinski definition) is 1. The molecule has 0 unspecified atom stereocenters. The van der Waals surface area contributed by atoms with Crippen LogP contribution >= 0.6 is 0 Å². The van der Waals surface area contributed by atoms with E-state index in [2.05, 4.69) is 44.3 Å². The smallest absolute Gasteiger partial charge is 0.141 e. The van der Waals surface area contributed by atoms with Gasteiger partial charge < -0.3 is 14.8 Å².